The number of carbonyl (C=O) groups excluding carboxylic acids is 1. The number of carbonyl (C=O) groups is 2. The molecule has 0 bridgehead atoms. The average Bonchev–Trinajstić information content (AvgIpc) is 3.07. The number of ether oxygens (including phenoxy) is 1. The molecule has 134 valence electrons. The van der Waals surface area contributed by atoms with Crippen molar-refractivity contribution >= 4 is 11.9 Å². The minimum atomic E-state index is -1.02. The third-order valence-corrected chi connectivity index (χ3v) is 3.85. The fraction of sp³-hybridized carbons (Fsp3) is 0.389. The van der Waals surface area contributed by atoms with E-state index in [0.717, 1.165) is 24.2 Å². The maximum Gasteiger partial charge on any atom is 0.326 e. The lowest BCUT2D eigenvalue weighted by atomic mass is 10.1. The van der Waals surface area contributed by atoms with Gasteiger partial charge < -0.3 is 15.2 Å². The first kappa shape index (κ1) is 18.5. The Hall–Kier alpha value is -2.83. The van der Waals surface area contributed by atoms with Gasteiger partial charge in [-0.3, -0.25) is 9.48 Å². The minimum absolute atomic E-state index is 0.344. The number of hydrogen-bond donors (Lipinski definition) is 2. The Morgan fingerprint density at radius 3 is 2.64 bits per heavy atom. The molecule has 0 aliphatic rings. The van der Waals surface area contributed by atoms with E-state index in [1.54, 1.807) is 18.0 Å². The minimum Gasteiger partial charge on any atom is -0.497 e. The van der Waals surface area contributed by atoms with Gasteiger partial charge >= 0.3 is 5.97 Å². The van der Waals surface area contributed by atoms with Crippen LogP contribution in [0.2, 0.25) is 0 Å². The SMILES string of the molecule is CCCC[C@H](NC(=O)c1cnn(Cc2ccc(OC)cc2)c1)C(=O)O. The second-order valence-electron chi connectivity index (χ2n) is 5.78. The predicted molar refractivity (Wildman–Crippen MR) is 92.7 cm³/mol. The van der Waals surface area contributed by atoms with E-state index >= 15 is 0 Å². The maximum atomic E-state index is 12.2. The van der Waals surface area contributed by atoms with Gasteiger partial charge in [0.25, 0.3) is 5.91 Å². The molecule has 1 amide bonds. The molecule has 1 heterocycles. The molecule has 0 aliphatic carbocycles. The third kappa shape index (κ3) is 5.34. The standard InChI is InChI=1S/C18H23N3O4/c1-3-4-5-16(18(23)24)20-17(22)14-10-19-21(12-14)11-13-6-8-15(25-2)9-7-13/h6-10,12,16H,3-5,11H2,1-2H3,(H,20,22)(H,23,24)/t16-/m0/s1. The lowest BCUT2D eigenvalue weighted by molar-refractivity contribution is -0.139. The molecule has 2 N–H and O–H groups in total. The van der Waals surface area contributed by atoms with Gasteiger partial charge in [0.15, 0.2) is 0 Å². The third-order valence-electron chi connectivity index (χ3n) is 3.85. The molecule has 2 aromatic rings. The van der Waals surface area contributed by atoms with E-state index < -0.39 is 17.9 Å². The Labute approximate surface area is 146 Å². The van der Waals surface area contributed by atoms with E-state index in [-0.39, 0.29) is 0 Å². The van der Waals surface area contributed by atoms with Gasteiger partial charge in [-0.1, -0.05) is 31.9 Å². The van der Waals surface area contributed by atoms with E-state index in [1.165, 1.54) is 6.20 Å². The van der Waals surface area contributed by atoms with Crippen LogP contribution >= 0.6 is 0 Å². The highest BCUT2D eigenvalue weighted by molar-refractivity contribution is 5.96. The summed E-state index contributed by atoms with van der Waals surface area (Å²) in [5, 5.41) is 15.9. The van der Waals surface area contributed by atoms with Crippen LogP contribution in [0.25, 0.3) is 0 Å². The molecule has 0 radical (unpaired) electrons. The normalized spacial score (nSPS) is 11.8. The zero-order chi connectivity index (χ0) is 18.2. The fourth-order valence-corrected chi connectivity index (χ4v) is 2.39. The summed E-state index contributed by atoms with van der Waals surface area (Å²) in [6, 6.07) is 6.68. The quantitative estimate of drug-likeness (QED) is 0.727. The highest BCUT2D eigenvalue weighted by atomic mass is 16.5. The zero-order valence-electron chi connectivity index (χ0n) is 14.4. The Morgan fingerprint density at radius 1 is 1.32 bits per heavy atom. The molecule has 0 saturated carbocycles. The molecule has 7 nitrogen and oxygen atoms in total. The first-order valence-electron chi connectivity index (χ1n) is 8.22. The number of aliphatic carboxylic acids is 1. The lowest BCUT2D eigenvalue weighted by Crippen LogP contribution is -2.40. The van der Waals surface area contributed by atoms with Crippen molar-refractivity contribution in [1.29, 1.82) is 0 Å². The number of amides is 1. The van der Waals surface area contributed by atoms with Gasteiger partial charge in [-0.15, -0.1) is 0 Å². The number of methoxy groups -OCH3 is 1. The topological polar surface area (TPSA) is 93.5 Å². The first-order valence-corrected chi connectivity index (χ1v) is 8.22. The number of carboxylic acids is 1. The molecule has 0 saturated heterocycles. The van der Waals surface area contributed by atoms with Gasteiger partial charge in [0.1, 0.15) is 11.8 Å². The summed E-state index contributed by atoms with van der Waals surface area (Å²) in [6.07, 6.45) is 5.08. The summed E-state index contributed by atoms with van der Waals surface area (Å²) in [6.45, 7) is 2.49. The van der Waals surface area contributed by atoms with E-state index in [9.17, 15) is 14.7 Å². The van der Waals surface area contributed by atoms with Crippen LogP contribution in [0, 0.1) is 0 Å². The molecule has 0 spiro atoms. The average molecular weight is 345 g/mol. The Morgan fingerprint density at radius 2 is 2.04 bits per heavy atom. The van der Waals surface area contributed by atoms with Gasteiger partial charge in [-0.05, 0) is 24.1 Å². The fourth-order valence-electron chi connectivity index (χ4n) is 2.39. The summed E-state index contributed by atoms with van der Waals surface area (Å²) < 4.78 is 6.75. The van der Waals surface area contributed by atoms with Gasteiger partial charge in [0, 0.05) is 6.20 Å². The van der Waals surface area contributed by atoms with Crippen molar-refractivity contribution < 1.29 is 19.4 Å². The van der Waals surface area contributed by atoms with Gasteiger partial charge in [0.05, 0.1) is 25.4 Å². The van der Waals surface area contributed by atoms with Crippen LogP contribution < -0.4 is 10.1 Å². The van der Waals surface area contributed by atoms with Crippen LogP contribution in [-0.2, 0) is 11.3 Å². The molecule has 0 aliphatic heterocycles. The molecule has 1 aromatic heterocycles. The molecular weight excluding hydrogens is 322 g/mol. The number of unbranched alkanes of at least 4 members (excludes halogenated alkanes) is 1. The Balaban J connectivity index is 1.98. The van der Waals surface area contributed by atoms with Crippen LogP contribution in [-0.4, -0.2) is 39.9 Å². The van der Waals surface area contributed by atoms with E-state index in [1.807, 2.05) is 31.2 Å². The maximum absolute atomic E-state index is 12.2. The monoisotopic (exact) mass is 345 g/mol. The van der Waals surface area contributed by atoms with Crippen LogP contribution in [0.5, 0.6) is 5.75 Å². The Bertz CT molecular complexity index is 709. The second-order valence-corrected chi connectivity index (χ2v) is 5.78. The molecular formula is C18H23N3O4. The molecule has 2 rings (SSSR count). The molecule has 7 heteroatoms. The largest absolute Gasteiger partial charge is 0.497 e. The second kappa shape index (κ2) is 8.86. The Kier molecular flexibility index (Phi) is 6.56. The van der Waals surface area contributed by atoms with Crippen molar-refractivity contribution in [2.24, 2.45) is 0 Å². The molecule has 0 fully saturated rings. The van der Waals surface area contributed by atoms with E-state index in [2.05, 4.69) is 10.4 Å². The lowest BCUT2D eigenvalue weighted by Gasteiger charge is -2.13. The summed E-state index contributed by atoms with van der Waals surface area (Å²) in [4.78, 5) is 23.5. The van der Waals surface area contributed by atoms with Crippen LogP contribution in [0.15, 0.2) is 36.7 Å². The van der Waals surface area contributed by atoms with E-state index in [4.69, 9.17) is 4.74 Å². The molecule has 1 aromatic carbocycles. The number of rotatable bonds is 9. The van der Waals surface area contributed by atoms with Crippen molar-refractivity contribution in [3.63, 3.8) is 0 Å². The smallest absolute Gasteiger partial charge is 0.326 e. The van der Waals surface area contributed by atoms with Gasteiger partial charge in [-0.25, -0.2) is 4.79 Å². The summed E-state index contributed by atoms with van der Waals surface area (Å²) in [5.41, 5.74) is 1.36. The molecule has 0 unspecified atom stereocenters. The van der Waals surface area contributed by atoms with Gasteiger partial charge in [0.2, 0.25) is 0 Å². The summed E-state index contributed by atoms with van der Waals surface area (Å²) in [5.74, 6) is -0.673. The number of aromatic nitrogens is 2. The first-order chi connectivity index (χ1) is 12.0. The molecule has 25 heavy (non-hydrogen) atoms. The number of hydrogen-bond acceptors (Lipinski definition) is 4. The number of carboxylic acid groups (broad SMARTS) is 1. The zero-order valence-corrected chi connectivity index (χ0v) is 14.4. The number of nitrogens with one attached hydrogen (secondary N) is 1. The predicted octanol–water partition coefficient (Wildman–Crippen LogP) is 2.31. The van der Waals surface area contributed by atoms with Crippen molar-refractivity contribution in [2.75, 3.05) is 7.11 Å². The van der Waals surface area contributed by atoms with E-state index in [0.29, 0.717) is 18.5 Å². The van der Waals surface area contributed by atoms with Crippen LogP contribution in [0.3, 0.4) is 0 Å². The van der Waals surface area contributed by atoms with Crippen LogP contribution in [0.4, 0.5) is 0 Å². The van der Waals surface area contributed by atoms with Crippen LogP contribution in [0.1, 0.15) is 42.1 Å². The summed E-state index contributed by atoms with van der Waals surface area (Å²) in [7, 11) is 1.61. The van der Waals surface area contributed by atoms with Crippen molar-refractivity contribution in [2.45, 2.75) is 38.8 Å². The number of benzene rings is 1. The molecule has 1 atom stereocenters. The highest BCUT2D eigenvalue weighted by Crippen LogP contribution is 2.12. The van der Waals surface area contributed by atoms with Crippen molar-refractivity contribution in [1.82, 2.24) is 15.1 Å². The number of nitrogens with zero attached hydrogens (tertiary/aromatic N) is 2. The van der Waals surface area contributed by atoms with Gasteiger partial charge in [-0.2, -0.15) is 5.10 Å². The van der Waals surface area contributed by atoms with Crippen molar-refractivity contribution in [3.8, 4) is 5.75 Å². The van der Waals surface area contributed by atoms with Crippen molar-refractivity contribution in [3.05, 3.63) is 47.8 Å². The summed E-state index contributed by atoms with van der Waals surface area (Å²) >= 11 is 0. The highest BCUT2D eigenvalue weighted by Gasteiger charge is 2.20.